The second kappa shape index (κ2) is 8.66. The smallest absolute Gasteiger partial charge is 0.256 e. The highest BCUT2D eigenvalue weighted by Crippen LogP contribution is 2.45. The third kappa shape index (κ3) is 4.04. The molecule has 0 aliphatic carbocycles. The molecule has 3 aromatic heterocycles. The maximum atomic E-state index is 6.33. The first-order valence-corrected chi connectivity index (χ1v) is 12.0. The molecule has 0 unspecified atom stereocenters. The Hall–Kier alpha value is -3.43. The predicted molar refractivity (Wildman–Crippen MR) is 139 cm³/mol. The largest absolute Gasteiger partial charge is 0.329 e. The van der Waals surface area contributed by atoms with Crippen LogP contribution in [0.15, 0.2) is 30.1 Å². The molecule has 0 fully saturated rings. The zero-order chi connectivity index (χ0) is 25.0. The second-order valence-electron chi connectivity index (χ2n) is 8.53. The molecule has 1 aliphatic rings. The molecule has 0 atom stereocenters. The van der Waals surface area contributed by atoms with E-state index in [0.717, 1.165) is 46.5 Å². The van der Waals surface area contributed by atoms with Crippen molar-refractivity contribution in [2.75, 3.05) is 23.4 Å². The van der Waals surface area contributed by atoms with E-state index in [-0.39, 0.29) is 0 Å². The maximum Gasteiger partial charge on any atom is 0.256 e. The minimum absolute atomic E-state index is 0.423. The molecule has 11 heteroatoms. The van der Waals surface area contributed by atoms with Gasteiger partial charge in [-0.15, -0.1) is 0 Å². The number of nitrogens with zero attached hydrogens (tertiary/aromatic N) is 9. The summed E-state index contributed by atoms with van der Waals surface area (Å²) < 4.78 is 3.44. The number of benzene rings is 1. The van der Waals surface area contributed by atoms with Crippen LogP contribution in [0.3, 0.4) is 0 Å². The highest BCUT2D eigenvalue weighted by atomic mass is 35.5. The van der Waals surface area contributed by atoms with Gasteiger partial charge in [0.25, 0.3) is 11.9 Å². The van der Waals surface area contributed by atoms with Gasteiger partial charge in [0, 0.05) is 31.1 Å². The third-order valence-electron chi connectivity index (χ3n) is 5.89. The van der Waals surface area contributed by atoms with Crippen molar-refractivity contribution in [1.82, 2.24) is 34.5 Å². The van der Waals surface area contributed by atoms with Crippen LogP contribution in [0.5, 0.6) is 0 Å². The summed E-state index contributed by atoms with van der Waals surface area (Å²) in [6.45, 7) is 10.6. The Morgan fingerprint density at radius 3 is 1.74 bits per heavy atom. The summed E-state index contributed by atoms with van der Waals surface area (Å²) in [5.74, 6) is 2.22. The first-order chi connectivity index (χ1) is 16.7. The average Bonchev–Trinajstić information content (AvgIpc) is 3.41. The molecule has 180 valence electrons. The number of rotatable bonds is 4. The van der Waals surface area contributed by atoms with E-state index in [1.54, 1.807) is 9.36 Å². The van der Waals surface area contributed by atoms with E-state index >= 15 is 0 Å². The Morgan fingerprint density at radius 2 is 1.29 bits per heavy atom. The standard InChI is InChI=1S/C24H25Cl2N9/c1-7-33-20-11-18(26)17(25)10-19(20)32(6)22(33)12-21-27-23(34-15(4)8-13(2)30-34)29-24(28-21)35-16(5)9-14(3)31-35/h8-12H,7H2,1-6H3. The highest BCUT2D eigenvalue weighted by Gasteiger charge is 2.29. The summed E-state index contributed by atoms with van der Waals surface area (Å²) in [5.41, 5.74) is 5.55. The van der Waals surface area contributed by atoms with Gasteiger partial charge < -0.3 is 9.80 Å². The van der Waals surface area contributed by atoms with Gasteiger partial charge in [-0.3, -0.25) is 0 Å². The molecule has 0 saturated heterocycles. The monoisotopic (exact) mass is 509 g/mol. The Kier molecular flexibility index (Phi) is 5.77. The van der Waals surface area contributed by atoms with Crippen molar-refractivity contribution in [1.29, 1.82) is 0 Å². The quantitative estimate of drug-likeness (QED) is 0.380. The van der Waals surface area contributed by atoms with Crippen LogP contribution in [0.4, 0.5) is 11.4 Å². The van der Waals surface area contributed by atoms with E-state index in [1.165, 1.54) is 0 Å². The summed E-state index contributed by atoms with van der Waals surface area (Å²) in [4.78, 5) is 18.4. The van der Waals surface area contributed by atoms with E-state index in [0.29, 0.717) is 27.8 Å². The lowest BCUT2D eigenvalue weighted by Gasteiger charge is -2.21. The molecular weight excluding hydrogens is 485 g/mol. The van der Waals surface area contributed by atoms with Gasteiger partial charge in [0.2, 0.25) is 0 Å². The van der Waals surface area contributed by atoms with Crippen LogP contribution in [-0.4, -0.2) is 48.1 Å². The minimum atomic E-state index is 0.423. The summed E-state index contributed by atoms with van der Waals surface area (Å²) in [5, 5.41) is 10.2. The first-order valence-electron chi connectivity index (χ1n) is 11.2. The van der Waals surface area contributed by atoms with Crippen LogP contribution in [0, 0.1) is 27.7 Å². The van der Waals surface area contributed by atoms with Crippen molar-refractivity contribution in [2.24, 2.45) is 0 Å². The summed E-state index contributed by atoms with van der Waals surface area (Å²) in [6.07, 6.45) is 1.93. The molecule has 0 radical (unpaired) electrons. The van der Waals surface area contributed by atoms with Gasteiger partial charge in [0.05, 0.1) is 32.8 Å². The lowest BCUT2D eigenvalue weighted by atomic mass is 10.2. The van der Waals surface area contributed by atoms with Crippen molar-refractivity contribution >= 4 is 40.7 Å². The van der Waals surface area contributed by atoms with Gasteiger partial charge in [0.1, 0.15) is 5.82 Å². The van der Waals surface area contributed by atoms with E-state index in [2.05, 4.69) is 26.9 Å². The Bertz CT molecular complexity index is 1420. The zero-order valence-corrected chi connectivity index (χ0v) is 21.9. The molecule has 0 bridgehead atoms. The van der Waals surface area contributed by atoms with Gasteiger partial charge in [-0.05, 0) is 58.9 Å². The van der Waals surface area contributed by atoms with E-state index in [1.807, 2.05) is 65.1 Å². The van der Waals surface area contributed by atoms with Crippen LogP contribution >= 0.6 is 23.2 Å². The van der Waals surface area contributed by atoms with Gasteiger partial charge in [-0.2, -0.15) is 25.1 Å². The van der Waals surface area contributed by atoms with Crippen molar-refractivity contribution in [3.8, 4) is 11.9 Å². The molecular formula is C24H25Cl2N9. The number of fused-ring (bicyclic) bond motifs is 1. The lowest BCUT2D eigenvalue weighted by molar-refractivity contribution is 0.713. The van der Waals surface area contributed by atoms with Crippen molar-refractivity contribution in [2.45, 2.75) is 34.6 Å². The fourth-order valence-corrected chi connectivity index (χ4v) is 4.66. The maximum absolute atomic E-state index is 6.33. The Morgan fingerprint density at radius 1 is 0.771 bits per heavy atom. The number of hydrogen-bond donors (Lipinski definition) is 0. The summed E-state index contributed by atoms with van der Waals surface area (Å²) in [6, 6.07) is 7.73. The Labute approximate surface area is 213 Å². The van der Waals surface area contributed by atoms with Crippen LogP contribution in [-0.2, 0) is 0 Å². The van der Waals surface area contributed by atoms with Gasteiger partial charge in [0.15, 0.2) is 5.82 Å². The first kappa shape index (κ1) is 23.3. The van der Waals surface area contributed by atoms with E-state index in [4.69, 9.17) is 38.2 Å². The van der Waals surface area contributed by atoms with Gasteiger partial charge >= 0.3 is 0 Å². The van der Waals surface area contributed by atoms with E-state index in [9.17, 15) is 0 Å². The molecule has 4 aromatic rings. The van der Waals surface area contributed by atoms with Crippen LogP contribution in [0.1, 0.15) is 35.5 Å². The highest BCUT2D eigenvalue weighted by molar-refractivity contribution is 6.42. The molecule has 0 amide bonds. The van der Waals surface area contributed by atoms with Gasteiger partial charge in [-0.1, -0.05) is 23.2 Å². The SMILES string of the molecule is CCN1C(=Cc2nc(-n3nc(C)cc3C)nc(-n3nc(C)cc3C)n2)N(C)c2cc(Cl)c(Cl)cc21. The zero-order valence-electron chi connectivity index (χ0n) is 20.4. The summed E-state index contributed by atoms with van der Waals surface area (Å²) >= 11 is 12.7. The molecule has 1 aliphatic heterocycles. The number of anilines is 2. The second-order valence-corrected chi connectivity index (χ2v) is 9.35. The predicted octanol–water partition coefficient (Wildman–Crippen LogP) is 5.06. The van der Waals surface area contributed by atoms with E-state index < -0.39 is 0 Å². The van der Waals surface area contributed by atoms with Crippen molar-refractivity contribution in [3.05, 3.63) is 68.7 Å². The lowest BCUT2D eigenvalue weighted by Crippen LogP contribution is -2.25. The van der Waals surface area contributed by atoms with Crippen molar-refractivity contribution in [3.63, 3.8) is 0 Å². The van der Waals surface area contributed by atoms with Crippen LogP contribution < -0.4 is 9.80 Å². The molecule has 1 aromatic carbocycles. The van der Waals surface area contributed by atoms with Crippen molar-refractivity contribution < 1.29 is 0 Å². The normalized spacial score (nSPS) is 14.3. The fraction of sp³-hybridized carbons (Fsp3) is 0.292. The summed E-state index contributed by atoms with van der Waals surface area (Å²) in [7, 11) is 1.98. The number of hydrogen-bond acceptors (Lipinski definition) is 7. The molecule has 0 spiro atoms. The fourth-order valence-electron chi connectivity index (χ4n) is 4.35. The third-order valence-corrected chi connectivity index (χ3v) is 6.61. The molecule has 5 rings (SSSR count). The topological polar surface area (TPSA) is 80.8 Å². The minimum Gasteiger partial charge on any atom is -0.329 e. The molecule has 35 heavy (non-hydrogen) atoms. The van der Waals surface area contributed by atoms with Crippen LogP contribution in [0.2, 0.25) is 10.0 Å². The van der Waals surface area contributed by atoms with Crippen LogP contribution in [0.25, 0.3) is 18.0 Å². The molecule has 0 saturated carbocycles. The molecule has 0 N–H and O–H groups in total. The molecule has 9 nitrogen and oxygen atoms in total. The number of aromatic nitrogens is 7. The number of halogens is 2. The molecule has 4 heterocycles. The Balaban J connectivity index is 1.69. The van der Waals surface area contributed by atoms with Gasteiger partial charge in [-0.25, -0.2) is 9.36 Å². The average molecular weight is 510 g/mol. The number of aryl methyl sites for hydroxylation is 4.